The number of rotatable bonds is 7. The third kappa shape index (κ3) is 4.87. The minimum absolute atomic E-state index is 0.118. The standard InChI is InChI=1S/C16H21N5O4S/c1-13-19-15(21-6-9-24-10-7-21)11-16(20-13)25-8-5-18-26(22,23)14-3-2-4-17-12-14/h2-4,11-12,18H,5-10H2,1H3. The molecule has 0 amide bonds. The fraction of sp³-hybridized carbons (Fsp3) is 0.438. The number of anilines is 1. The van der Waals surface area contributed by atoms with Crippen LogP contribution in [-0.2, 0) is 14.8 Å². The summed E-state index contributed by atoms with van der Waals surface area (Å²) in [5, 5.41) is 0. The van der Waals surface area contributed by atoms with Gasteiger partial charge in [-0.05, 0) is 19.1 Å². The number of sulfonamides is 1. The third-order valence-corrected chi connectivity index (χ3v) is 5.17. The maximum atomic E-state index is 12.1. The van der Waals surface area contributed by atoms with E-state index < -0.39 is 10.0 Å². The molecule has 140 valence electrons. The molecule has 0 atom stereocenters. The lowest BCUT2D eigenvalue weighted by atomic mass is 10.4. The van der Waals surface area contributed by atoms with Gasteiger partial charge in [0.1, 0.15) is 23.1 Å². The lowest BCUT2D eigenvalue weighted by Crippen LogP contribution is -2.37. The monoisotopic (exact) mass is 379 g/mol. The molecule has 0 unspecified atom stereocenters. The molecule has 0 spiro atoms. The molecule has 0 aromatic carbocycles. The van der Waals surface area contributed by atoms with Crippen LogP contribution in [0.2, 0.25) is 0 Å². The minimum atomic E-state index is -3.60. The summed E-state index contributed by atoms with van der Waals surface area (Å²) in [4.78, 5) is 14.7. The lowest BCUT2D eigenvalue weighted by Gasteiger charge is -2.28. The van der Waals surface area contributed by atoms with Crippen LogP contribution in [0.25, 0.3) is 0 Å². The first-order valence-corrected chi connectivity index (χ1v) is 9.74. The van der Waals surface area contributed by atoms with Crippen LogP contribution >= 0.6 is 0 Å². The van der Waals surface area contributed by atoms with E-state index in [0.29, 0.717) is 24.9 Å². The van der Waals surface area contributed by atoms with Gasteiger partial charge in [0.05, 0.1) is 13.2 Å². The van der Waals surface area contributed by atoms with E-state index in [0.717, 1.165) is 18.9 Å². The number of pyridine rings is 1. The fourth-order valence-corrected chi connectivity index (χ4v) is 3.45. The lowest BCUT2D eigenvalue weighted by molar-refractivity contribution is 0.122. The van der Waals surface area contributed by atoms with Crippen molar-refractivity contribution in [3.63, 3.8) is 0 Å². The number of aromatic nitrogens is 3. The number of hydrogen-bond acceptors (Lipinski definition) is 8. The Balaban J connectivity index is 1.55. The number of nitrogens with one attached hydrogen (secondary N) is 1. The summed E-state index contributed by atoms with van der Waals surface area (Å²) in [5.74, 6) is 1.80. The molecule has 1 saturated heterocycles. The molecule has 1 N–H and O–H groups in total. The number of morpholine rings is 1. The minimum Gasteiger partial charge on any atom is -0.476 e. The van der Waals surface area contributed by atoms with Crippen molar-refractivity contribution in [3.05, 3.63) is 36.4 Å². The van der Waals surface area contributed by atoms with E-state index in [-0.39, 0.29) is 18.0 Å². The van der Waals surface area contributed by atoms with Crippen molar-refractivity contribution >= 4 is 15.8 Å². The summed E-state index contributed by atoms with van der Waals surface area (Å²) in [5.41, 5.74) is 0. The zero-order valence-electron chi connectivity index (χ0n) is 14.5. The van der Waals surface area contributed by atoms with Gasteiger partial charge in [0.15, 0.2) is 0 Å². The quantitative estimate of drug-likeness (QED) is 0.688. The van der Waals surface area contributed by atoms with E-state index in [9.17, 15) is 8.42 Å². The third-order valence-electron chi connectivity index (χ3n) is 3.72. The van der Waals surface area contributed by atoms with E-state index in [4.69, 9.17) is 9.47 Å². The second kappa shape index (κ2) is 8.39. The number of aryl methyl sites for hydroxylation is 1. The first-order valence-electron chi connectivity index (χ1n) is 8.25. The molecule has 3 rings (SSSR count). The zero-order chi connectivity index (χ0) is 18.4. The SMILES string of the molecule is Cc1nc(OCCNS(=O)(=O)c2cccnc2)cc(N2CCOCC2)n1. The van der Waals surface area contributed by atoms with Crippen molar-refractivity contribution in [2.75, 3.05) is 44.4 Å². The largest absolute Gasteiger partial charge is 0.476 e. The van der Waals surface area contributed by atoms with Crippen LogP contribution < -0.4 is 14.4 Å². The van der Waals surface area contributed by atoms with Crippen LogP contribution in [0.5, 0.6) is 5.88 Å². The summed E-state index contributed by atoms with van der Waals surface area (Å²) in [7, 11) is -3.60. The summed E-state index contributed by atoms with van der Waals surface area (Å²) >= 11 is 0. The number of nitrogens with zero attached hydrogens (tertiary/aromatic N) is 4. The molecule has 0 aliphatic carbocycles. The summed E-state index contributed by atoms with van der Waals surface area (Å²) in [6.45, 7) is 4.92. The molecule has 26 heavy (non-hydrogen) atoms. The Hall–Kier alpha value is -2.30. The normalized spacial score (nSPS) is 15.0. The summed E-state index contributed by atoms with van der Waals surface area (Å²) in [6.07, 6.45) is 2.82. The van der Waals surface area contributed by atoms with Gasteiger partial charge in [0.25, 0.3) is 0 Å². The first-order chi connectivity index (χ1) is 12.5. The van der Waals surface area contributed by atoms with Gasteiger partial charge in [0, 0.05) is 38.1 Å². The molecule has 1 aliphatic rings. The maximum absolute atomic E-state index is 12.1. The van der Waals surface area contributed by atoms with E-state index in [1.165, 1.54) is 18.5 Å². The number of ether oxygens (including phenoxy) is 2. The predicted octanol–water partition coefficient (Wildman–Crippen LogP) is 0.374. The van der Waals surface area contributed by atoms with E-state index >= 15 is 0 Å². The molecule has 9 nitrogen and oxygen atoms in total. The van der Waals surface area contributed by atoms with Crippen LogP contribution in [0.15, 0.2) is 35.5 Å². The van der Waals surface area contributed by atoms with Gasteiger partial charge in [0.2, 0.25) is 15.9 Å². The van der Waals surface area contributed by atoms with Gasteiger partial charge >= 0.3 is 0 Å². The van der Waals surface area contributed by atoms with Crippen LogP contribution in [0.4, 0.5) is 5.82 Å². The van der Waals surface area contributed by atoms with E-state index in [1.54, 1.807) is 19.1 Å². The second-order valence-electron chi connectivity index (χ2n) is 5.65. The molecule has 0 bridgehead atoms. The highest BCUT2D eigenvalue weighted by Crippen LogP contribution is 2.18. The molecule has 10 heteroatoms. The Bertz CT molecular complexity index is 826. The van der Waals surface area contributed by atoms with Gasteiger partial charge in [-0.1, -0.05) is 0 Å². The summed E-state index contributed by atoms with van der Waals surface area (Å²) in [6, 6.07) is 4.81. The van der Waals surface area contributed by atoms with Crippen molar-refractivity contribution in [2.45, 2.75) is 11.8 Å². The van der Waals surface area contributed by atoms with Crippen molar-refractivity contribution in [1.82, 2.24) is 19.7 Å². The Labute approximate surface area is 152 Å². The van der Waals surface area contributed by atoms with Crippen molar-refractivity contribution in [1.29, 1.82) is 0 Å². The average Bonchev–Trinajstić information content (AvgIpc) is 2.66. The Kier molecular flexibility index (Phi) is 5.96. The second-order valence-corrected chi connectivity index (χ2v) is 7.41. The topological polar surface area (TPSA) is 107 Å². The molecular formula is C16H21N5O4S. The molecule has 2 aromatic heterocycles. The molecule has 1 aliphatic heterocycles. The van der Waals surface area contributed by atoms with E-state index in [1.807, 2.05) is 0 Å². The van der Waals surface area contributed by atoms with Gasteiger partial charge in [-0.2, -0.15) is 4.98 Å². The molecule has 2 aromatic rings. The van der Waals surface area contributed by atoms with Crippen molar-refractivity contribution in [3.8, 4) is 5.88 Å². The van der Waals surface area contributed by atoms with Crippen molar-refractivity contribution < 1.29 is 17.9 Å². The maximum Gasteiger partial charge on any atom is 0.242 e. The average molecular weight is 379 g/mol. The molecule has 3 heterocycles. The van der Waals surface area contributed by atoms with Crippen LogP contribution in [0.3, 0.4) is 0 Å². The van der Waals surface area contributed by atoms with Gasteiger partial charge < -0.3 is 14.4 Å². The summed E-state index contributed by atoms with van der Waals surface area (Å²) < 4.78 is 37.6. The van der Waals surface area contributed by atoms with Gasteiger partial charge in [-0.25, -0.2) is 18.1 Å². The van der Waals surface area contributed by atoms with Crippen LogP contribution in [0, 0.1) is 6.92 Å². The van der Waals surface area contributed by atoms with Gasteiger partial charge in [-0.15, -0.1) is 0 Å². The molecule has 0 saturated carbocycles. The van der Waals surface area contributed by atoms with Crippen LogP contribution in [-0.4, -0.2) is 62.8 Å². The Morgan fingerprint density at radius 1 is 1.31 bits per heavy atom. The van der Waals surface area contributed by atoms with E-state index in [2.05, 4.69) is 24.6 Å². The zero-order valence-corrected chi connectivity index (χ0v) is 15.3. The van der Waals surface area contributed by atoms with Crippen molar-refractivity contribution in [2.24, 2.45) is 0 Å². The Morgan fingerprint density at radius 2 is 2.12 bits per heavy atom. The predicted molar refractivity (Wildman–Crippen MR) is 94.7 cm³/mol. The molecular weight excluding hydrogens is 358 g/mol. The highest BCUT2D eigenvalue weighted by Gasteiger charge is 2.15. The van der Waals surface area contributed by atoms with Crippen LogP contribution in [0.1, 0.15) is 5.82 Å². The molecule has 1 fully saturated rings. The highest BCUT2D eigenvalue weighted by atomic mass is 32.2. The fourth-order valence-electron chi connectivity index (χ4n) is 2.47. The first kappa shape index (κ1) is 18.5. The smallest absolute Gasteiger partial charge is 0.242 e. The number of hydrogen-bond donors (Lipinski definition) is 1. The molecule has 0 radical (unpaired) electrons. The van der Waals surface area contributed by atoms with Gasteiger partial charge in [-0.3, -0.25) is 4.98 Å². The Morgan fingerprint density at radius 3 is 2.85 bits per heavy atom. The highest BCUT2D eigenvalue weighted by molar-refractivity contribution is 7.89.